The number of aromatic nitrogens is 2. The predicted octanol–water partition coefficient (Wildman–Crippen LogP) is 2.26. The second kappa shape index (κ2) is 7.47. The second-order valence-corrected chi connectivity index (χ2v) is 7.54. The molecule has 1 unspecified atom stereocenters. The van der Waals surface area contributed by atoms with Crippen molar-refractivity contribution in [2.45, 2.75) is 52.9 Å². The van der Waals surface area contributed by atoms with Crippen molar-refractivity contribution in [3.63, 3.8) is 0 Å². The van der Waals surface area contributed by atoms with Gasteiger partial charge in [0.2, 0.25) is 0 Å². The molecule has 2 heterocycles. The number of hydrogen-bond acceptors (Lipinski definition) is 4. The van der Waals surface area contributed by atoms with Crippen molar-refractivity contribution in [3.05, 3.63) is 27.4 Å². The number of nitrogens with one attached hydrogen (secondary N) is 1. The lowest BCUT2D eigenvalue weighted by Gasteiger charge is -2.32. The van der Waals surface area contributed by atoms with Crippen LogP contribution in [0.15, 0.2) is 4.79 Å². The Morgan fingerprint density at radius 2 is 2.12 bits per heavy atom. The highest BCUT2D eigenvalue weighted by Gasteiger charge is 2.29. The quantitative estimate of drug-likeness (QED) is 0.916. The summed E-state index contributed by atoms with van der Waals surface area (Å²) in [5.41, 5.74) is 0.0594. The van der Waals surface area contributed by atoms with Gasteiger partial charge in [-0.05, 0) is 32.6 Å². The number of aryl methyl sites for hydroxylation is 1. The molecule has 0 saturated carbocycles. The molecule has 0 bridgehead atoms. The smallest absolute Gasteiger partial charge is 0.264 e. The van der Waals surface area contributed by atoms with Crippen LogP contribution in [-0.4, -0.2) is 47.1 Å². The second-order valence-electron chi connectivity index (χ2n) is 7.54. The number of rotatable bonds is 4. The molecule has 0 aliphatic carbocycles. The highest BCUT2D eigenvalue weighted by molar-refractivity contribution is 5.94. The molecule has 6 heteroatoms. The monoisotopic (exact) mass is 335 g/mol. The number of likely N-dealkylation sites (tertiary alicyclic amines) is 1. The molecule has 0 radical (unpaired) electrons. The van der Waals surface area contributed by atoms with Crippen molar-refractivity contribution in [3.8, 4) is 0 Å². The molecule has 0 aromatic carbocycles. The van der Waals surface area contributed by atoms with Gasteiger partial charge >= 0.3 is 0 Å². The molecule has 1 amide bonds. The molecule has 2 rings (SSSR count). The van der Waals surface area contributed by atoms with Crippen LogP contribution in [0.4, 0.5) is 0 Å². The van der Waals surface area contributed by atoms with E-state index in [0.717, 1.165) is 12.8 Å². The van der Waals surface area contributed by atoms with Crippen LogP contribution in [0.2, 0.25) is 0 Å². The van der Waals surface area contributed by atoms with Gasteiger partial charge < -0.3 is 14.6 Å². The van der Waals surface area contributed by atoms with Crippen LogP contribution in [0.25, 0.3) is 0 Å². The minimum absolute atomic E-state index is 0.167. The van der Waals surface area contributed by atoms with Crippen molar-refractivity contribution in [2.24, 2.45) is 5.92 Å². The number of piperidine rings is 1. The van der Waals surface area contributed by atoms with E-state index >= 15 is 0 Å². The van der Waals surface area contributed by atoms with Crippen molar-refractivity contribution in [1.29, 1.82) is 0 Å². The van der Waals surface area contributed by atoms with Gasteiger partial charge in [0.15, 0.2) is 0 Å². The van der Waals surface area contributed by atoms with Crippen molar-refractivity contribution >= 4 is 5.91 Å². The van der Waals surface area contributed by atoms with Crippen LogP contribution in [0.5, 0.6) is 0 Å². The predicted molar refractivity (Wildman–Crippen MR) is 93.4 cm³/mol. The van der Waals surface area contributed by atoms with Crippen LogP contribution in [0, 0.1) is 12.8 Å². The Morgan fingerprint density at radius 3 is 2.71 bits per heavy atom. The van der Waals surface area contributed by atoms with Gasteiger partial charge in [0.25, 0.3) is 11.5 Å². The molecule has 6 nitrogen and oxygen atoms in total. The average Bonchev–Trinajstić information content (AvgIpc) is 2.51. The van der Waals surface area contributed by atoms with Crippen molar-refractivity contribution in [2.75, 3.05) is 26.3 Å². The molecule has 1 aromatic heterocycles. The Balaban J connectivity index is 2.22. The normalized spacial score (nSPS) is 18.7. The zero-order chi connectivity index (χ0) is 17.9. The summed E-state index contributed by atoms with van der Waals surface area (Å²) < 4.78 is 5.49. The number of carbonyl (C=O) groups excluding carboxylic acids is 1. The van der Waals surface area contributed by atoms with Crippen molar-refractivity contribution < 1.29 is 9.53 Å². The van der Waals surface area contributed by atoms with Gasteiger partial charge in [-0.25, -0.2) is 4.98 Å². The van der Waals surface area contributed by atoms with E-state index in [1.54, 1.807) is 11.8 Å². The maximum atomic E-state index is 12.8. The van der Waals surface area contributed by atoms with Crippen LogP contribution in [-0.2, 0) is 10.2 Å². The van der Waals surface area contributed by atoms with Gasteiger partial charge in [-0.2, -0.15) is 0 Å². The van der Waals surface area contributed by atoms with Gasteiger partial charge in [-0.15, -0.1) is 0 Å². The Hall–Kier alpha value is -1.69. The van der Waals surface area contributed by atoms with E-state index in [2.05, 4.69) is 9.97 Å². The molecule has 1 aliphatic heterocycles. The van der Waals surface area contributed by atoms with Gasteiger partial charge in [0.1, 0.15) is 11.4 Å². The number of carbonyl (C=O) groups is 1. The summed E-state index contributed by atoms with van der Waals surface area (Å²) in [7, 11) is 0. The first kappa shape index (κ1) is 18.6. The molecule has 24 heavy (non-hydrogen) atoms. The standard InChI is InChI=1S/C18H29N3O3/c1-6-24-11-13-8-7-9-21(10-13)16(23)14-12(2)19-17(18(3,4)5)20-15(14)22/h13H,6-11H2,1-5H3,(H,19,20,22). The van der Waals surface area contributed by atoms with Gasteiger partial charge in [-0.3, -0.25) is 9.59 Å². The molecule has 1 fully saturated rings. The van der Waals surface area contributed by atoms with E-state index < -0.39 is 0 Å². The average molecular weight is 335 g/mol. The third-order valence-corrected chi connectivity index (χ3v) is 4.39. The summed E-state index contributed by atoms with van der Waals surface area (Å²) in [5, 5.41) is 0. The van der Waals surface area contributed by atoms with Crippen LogP contribution in [0.3, 0.4) is 0 Å². The first-order valence-corrected chi connectivity index (χ1v) is 8.72. The van der Waals surface area contributed by atoms with Gasteiger partial charge in [-0.1, -0.05) is 20.8 Å². The Morgan fingerprint density at radius 1 is 1.42 bits per heavy atom. The van der Waals surface area contributed by atoms with E-state index in [1.165, 1.54) is 0 Å². The minimum Gasteiger partial charge on any atom is -0.381 e. The van der Waals surface area contributed by atoms with E-state index in [4.69, 9.17) is 4.74 Å². The largest absolute Gasteiger partial charge is 0.381 e. The summed E-state index contributed by atoms with van der Waals surface area (Å²) in [6.45, 7) is 12.3. The van der Waals surface area contributed by atoms with E-state index in [9.17, 15) is 9.59 Å². The summed E-state index contributed by atoms with van der Waals surface area (Å²) in [6.07, 6.45) is 1.99. The summed E-state index contributed by atoms with van der Waals surface area (Å²) >= 11 is 0. The number of hydrogen-bond donors (Lipinski definition) is 1. The molecule has 134 valence electrons. The third-order valence-electron chi connectivity index (χ3n) is 4.39. The lowest BCUT2D eigenvalue weighted by molar-refractivity contribution is 0.0498. The first-order valence-electron chi connectivity index (χ1n) is 8.72. The maximum Gasteiger partial charge on any atom is 0.264 e. The molecular weight excluding hydrogens is 306 g/mol. The Kier molecular flexibility index (Phi) is 5.80. The highest BCUT2D eigenvalue weighted by Crippen LogP contribution is 2.20. The highest BCUT2D eigenvalue weighted by atomic mass is 16.5. The van der Waals surface area contributed by atoms with E-state index in [1.807, 2.05) is 27.7 Å². The number of H-pyrrole nitrogens is 1. The minimum atomic E-state index is -0.343. The van der Waals surface area contributed by atoms with Crippen LogP contribution in [0.1, 0.15) is 62.4 Å². The zero-order valence-corrected chi connectivity index (χ0v) is 15.4. The summed E-state index contributed by atoms with van der Waals surface area (Å²) in [5.74, 6) is 0.723. The molecule has 1 N–H and O–H groups in total. The fourth-order valence-corrected chi connectivity index (χ4v) is 3.02. The fourth-order valence-electron chi connectivity index (χ4n) is 3.02. The molecule has 1 saturated heterocycles. The fraction of sp³-hybridized carbons (Fsp3) is 0.722. The SMILES string of the molecule is CCOCC1CCCN(C(=O)c2c(C)nc(C(C)(C)C)[nH]c2=O)C1. The molecule has 1 aromatic rings. The van der Waals surface area contributed by atoms with Crippen LogP contribution >= 0.6 is 0 Å². The number of aromatic amines is 1. The summed E-state index contributed by atoms with van der Waals surface area (Å²) in [4.78, 5) is 34.3. The van der Waals surface area contributed by atoms with Gasteiger partial charge in [0, 0.05) is 25.1 Å². The molecular formula is C18H29N3O3. The molecule has 1 atom stereocenters. The number of nitrogens with zero attached hydrogens (tertiary/aromatic N) is 2. The molecule has 0 spiro atoms. The lowest BCUT2D eigenvalue weighted by atomic mass is 9.95. The summed E-state index contributed by atoms with van der Waals surface area (Å²) in [6, 6.07) is 0. The lowest BCUT2D eigenvalue weighted by Crippen LogP contribution is -2.43. The maximum absolute atomic E-state index is 12.8. The third kappa shape index (κ3) is 4.23. The zero-order valence-electron chi connectivity index (χ0n) is 15.4. The van der Waals surface area contributed by atoms with E-state index in [-0.39, 0.29) is 22.4 Å². The van der Waals surface area contributed by atoms with Crippen molar-refractivity contribution in [1.82, 2.24) is 14.9 Å². The Bertz CT molecular complexity index is 646. The topological polar surface area (TPSA) is 75.3 Å². The van der Waals surface area contributed by atoms with E-state index in [0.29, 0.717) is 43.7 Å². The van der Waals surface area contributed by atoms with Gasteiger partial charge in [0.05, 0.1) is 12.3 Å². The first-order chi connectivity index (χ1) is 11.2. The molecule has 1 aliphatic rings. The number of amides is 1. The Labute approximate surface area is 143 Å². The number of ether oxygens (including phenoxy) is 1. The van der Waals surface area contributed by atoms with Crippen LogP contribution < -0.4 is 5.56 Å².